The van der Waals surface area contributed by atoms with E-state index in [1.165, 1.54) is 0 Å². The maximum atomic E-state index is 11.1. The lowest BCUT2D eigenvalue weighted by Gasteiger charge is -2.22. The average Bonchev–Trinajstić information content (AvgIpc) is 2.93. The molecule has 0 radical (unpaired) electrons. The molecule has 3 aromatic rings. The number of aryl methyl sites for hydroxylation is 1. The normalized spacial score (nSPS) is 12.2. The maximum Gasteiger partial charge on any atom is 0.264 e. The summed E-state index contributed by atoms with van der Waals surface area (Å²) in [6.07, 6.45) is 4.79. The van der Waals surface area contributed by atoms with Crippen LogP contribution >= 0.6 is 0 Å². The highest BCUT2D eigenvalue weighted by atomic mass is 32.2. The molecule has 3 N–H and O–H groups in total. The van der Waals surface area contributed by atoms with Crippen LogP contribution in [0.2, 0.25) is 0 Å². The van der Waals surface area contributed by atoms with Crippen LogP contribution in [0.25, 0.3) is 0 Å². The van der Waals surface area contributed by atoms with Gasteiger partial charge >= 0.3 is 0 Å². The van der Waals surface area contributed by atoms with E-state index < -0.39 is 10.1 Å². The predicted molar refractivity (Wildman–Crippen MR) is 161 cm³/mol. The lowest BCUT2D eigenvalue weighted by atomic mass is 10.0. The first-order valence-corrected chi connectivity index (χ1v) is 15.7. The van der Waals surface area contributed by atoms with E-state index in [2.05, 4.69) is 34.3 Å². The van der Waals surface area contributed by atoms with Gasteiger partial charge in [-0.15, -0.1) is 0 Å². The van der Waals surface area contributed by atoms with Crippen molar-refractivity contribution < 1.29 is 26.8 Å². The van der Waals surface area contributed by atoms with Crippen LogP contribution in [0.15, 0.2) is 48.5 Å². The van der Waals surface area contributed by atoms with Crippen LogP contribution in [0, 0.1) is 6.92 Å². The van der Waals surface area contributed by atoms with E-state index in [-0.39, 0.29) is 18.6 Å². The summed E-state index contributed by atoms with van der Waals surface area (Å²) in [4.78, 5) is 8.99. The number of nitrogens with two attached hydrogens (primary N) is 1. The molecular weight excluding hydrogens is 544 g/mol. The van der Waals surface area contributed by atoms with Crippen LogP contribution < -0.4 is 20.5 Å². The van der Waals surface area contributed by atoms with Gasteiger partial charge in [0, 0.05) is 42.8 Å². The molecule has 1 aromatic heterocycles. The molecule has 3 rings (SSSR count). The third-order valence-electron chi connectivity index (χ3n) is 6.41. The van der Waals surface area contributed by atoms with Gasteiger partial charge < -0.3 is 25.3 Å². The number of anilines is 2. The van der Waals surface area contributed by atoms with Crippen molar-refractivity contribution in [2.75, 3.05) is 44.2 Å². The number of ether oxygens (including phenoxy) is 3. The summed E-state index contributed by atoms with van der Waals surface area (Å²) >= 11 is 0. The van der Waals surface area contributed by atoms with E-state index in [0.29, 0.717) is 50.0 Å². The number of rotatable bonds is 18. The van der Waals surface area contributed by atoms with E-state index in [0.717, 1.165) is 47.9 Å². The van der Waals surface area contributed by atoms with Gasteiger partial charge in [-0.3, -0.25) is 4.18 Å². The number of nitrogens with one attached hydrogen (secondary N) is 1. The summed E-state index contributed by atoms with van der Waals surface area (Å²) < 4.78 is 44.3. The number of nitrogen functional groups attached to an aromatic ring is 1. The van der Waals surface area contributed by atoms with Gasteiger partial charge in [0.25, 0.3) is 10.1 Å². The molecule has 0 fully saturated rings. The van der Waals surface area contributed by atoms with Crippen molar-refractivity contribution in [2.24, 2.45) is 0 Å². The second-order valence-electron chi connectivity index (χ2n) is 9.83. The smallest absolute Gasteiger partial charge is 0.264 e. The quantitative estimate of drug-likeness (QED) is 0.157. The predicted octanol–water partition coefficient (Wildman–Crippen LogP) is 4.90. The highest BCUT2D eigenvalue weighted by Gasteiger charge is 2.18. The van der Waals surface area contributed by atoms with Crippen molar-refractivity contribution in [2.45, 2.75) is 58.6 Å². The summed E-state index contributed by atoms with van der Waals surface area (Å²) in [7, 11) is -1.85. The van der Waals surface area contributed by atoms with Gasteiger partial charge in [0.1, 0.15) is 17.3 Å². The Morgan fingerprint density at radius 3 is 2.51 bits per heavy atom. The van der Waals surface area contributed by atoms with Crippen molar-refractivity contribution in [3.05, 3.63) is 70.9 Å². The van der Waals surface area contributed by atoms with Gasteiger partial charge in [-0.05, 0) is 37.0 Å². The topological polar surface area (TPSA) is 135 Å². The minimum Gasteiger partial charge on any atom is -0.496 e. The monoisotopic (exact) mass is 586 g/mol. The van der Waals surface area contributed by atoms with E-state index in [1.54, 1.807) is 7.11 Å². The molecular formula is C30H42N4O6S. The molecule has 0 aliphatic carbocycles. The molecule has 11 heteroatoms. The van der Waals surface area contributed by atoms with E-state index in [9.17, 15) is 8.42 Å². The minimum atomic E-state index is -3.46. The van der Waals surface area contributed by atoms with Crippen LogP contribution in [0.1, 0.15) is 55.0 Å². The van der Waals surface area contributed by atoms with Gasteiger partial charge in [0.05, 0.1) is 33.2 Å². The Hall–Kier alpha value is -3.41. The molecule has 2 aromatic carbocycles. The SMILES string of the molecule is CCC[C@@H](CCOCc1ccccc1)Nc1nc(N)nc(C)c1Cc1ccc(OCCCOS(C)(=O)=O)cc1OC. The first-order valence-electron chi connectivity index (χ1n) is 13.8. The van der Waals surface area contributed by atoms with Crippen molar-refractivity contribution in [1.82, 2.24) is 9.97 Å². The number of hydrogen-bond donors (Lipinski definition) is 2. The zero-order valence-electron chi connectivity index (χ0n) is 24.4. The van der Waals surface area contributed by atoms with Crippen molar-refractivity contribution in [1.29, 1.82) is 0 Å². The number of nitrogens with zero attached hydrogens (tertiary/aromatic N) is 2. The molecule has 1 atom stereocenters. The second-order valence-corrected chi connectivity index (χ2v) is 11.5. The van der Waals surface area contributed by atoms with Crippen LogP contribution in [0.3, 0.4) is 0 Å². The van der Waals surface area contributed by atoms with Crippen LogP contribution in [-0.2, 0) is 32.1 Å². The molecule has 0 saturated carbocycles. The second kappa shape index (κ2) is 16.1. The standard InChI is InChI=1S/C30H42N4O6S/c1-5-10-25(15-18-38-21-23-11-7-6-8-12-23)33-29-27(22(2)32-30(31)34-29)19-24-13-14-26(20-28(24)37-3)39-16-9-17-40-41(4,35)36/h6-8,11-14,20,25H,5,9-10,15-19,21H2,1-4H3,(H3,31,32,33,34)/t25-/m0/s1. The lowest BCUT2D eigenvalue weighted by molar-refractivity contribution is 0.114. The zero-order valence-corrected chi connectivity index (χ0v) is 25.2. The summed E-state index contributed by atoms with van der Waals surface area (Å²) in [5, 5.41) is 3.62. The zero-order chi connectivity index (χ0) is 29.7. The fourth-order valence-electron chi connectivity index (χ4n) is 4.38. The third kappa shape index (κ3) is 11.2. The van der Waals surface area contributed by atoms with Crippen LogP contribution in [0.4, 0.5) is 11.8 Å². The van der Waals surface area contributed by atoms with Gasteiger partial charge in [-0.2, -0.15) is 13.4 Å². The highest BCUT2D eigenvalue weighted by molar-refractivity contribution is 7.85. The molecule has 224 valence electrons. The molecule has 0 aliphatic rings. The third-order valence-corrected chi connectivity index (χ3v) is 7.01. The van der Waals surface area contributed by atoms with E-state index >= 15 is 0 Å². The van der Waals surface area contributed by atoms with Gasteiger partial charge in [0.2, 0.25) is 5.95 Å². The van der Waals surface area contributed by atoms with E-state index in [1.807, 2.05) is 43.3 Å². The highest BCUT2D eigenvalue weighted by Crippen LogP contribution is 2.30. The van der Waals surface area contributed by atoms with E-state index in [4.69, 9.17) is 24.1 Å². The molecule has 0 spiro atoms. The van der Waals surface area contributed by atoms with Crippen molar-refractivity contribution in [3.63, 3.8) is 0 Å². The Morgan fingerprint density at radius 1 is 1.02 bits per heavy atom. The molecule has 0 bridgehead atoms. The van der Waals surface area contributed by atoms with Gasteiger partial charge in [-0.25, -0.2) is 4.98 Å². The Balaban J connectivity index is 1.67. The molecule has 0 unspecified atom stereocenters. The molecule has 1 heterocycles. The fourth-order valence-corrected chi connectivity index (χ4v) is 4.80. The summed E-state index contributed by atoms with van der Waals surface area (Å²) in [6, 6.07) is 15.9. The number of hydrogen-bond acceptors (Lipinski definition) is 10. The fraction of sp³-hybridized carbons (Fsp3) is 0.467. The largest absolute Gasteiger partial charge is 0.496 e. The Bertz CT molecular complexity index is 1340. The van der Waals surface area contributed by atoms with Gasteiger partial charge in [0.15, 0.2) is 0 Å². The minimum absolute atomic E-state index is 0.0679. The maximum absolute atomic E-state index is 11.1. The summed E-state index contributed by atoms with van der Waals surface area (Å²) in [6.45, 7) is 5.67. The summed E-state index contributed by atoms with van der Waals surface area (Å²) in [5.41, 5.74) is 9.89. The lowest BCUT2D eigenvalue weighted by Crippen LogP contribution is -2.24. The molecule has 0 aliphatic heterocycles. The number of aromatic nitrogens is 2. The Morgan fingerprint density at radius 2 is 1.80 bits per heavy atom. The van der Waals surface area contributed by atoms with Crippen LogP contribution in [-0.4, -0.2) is 57.6 Å². The number of methoxy groups -OCH3 is 1. The Kier molecular flexibility index (Phi) is 12.6. The molecule has 0 saturated heterocycles. The molecule has 41 heavy (non-hydrogen) atoms. The molecule has 10 nitrogen and oxygen atoms in total. The molecule has 0 amide bonds. The van der Waals surface area contributed by atoms with Crippen molar-refractivity contribution in [3.8, 4) is 11.5 Å². The average molecular weight is 587 g/mol. The Labute approximate surface area is 243 Å². The van der Waals surface area contributed by atoms with Crippen LogP contribution in [0.5, 0.6) is 11.5 Å². The van der Waals surface area contributed by atoms with Crippen molar-refractivity contribution >= 4 is 21.9 Å². The van der Waals surface area contributed by atoms with Gasteiger partial charge in [-0.1, -0.05) is 49.7 Å². The first kappa shape index (κ1) is 32.1. The summed E-state index contributed by atoms with van der Waals surface area (Å²) in [5.74, 6) is 2.22. The number of benzene rings is 2. The first-order chi connectivity index (χ1) is 19.7.